The smallest absolute Gasteiger partial charge is 0.119 e. The number of hydrogen-bond donors (Lipinski definition) is 1. The molecular weight excluding hydrogens is 276 g/mol. The standard InChI is InChI=1S/C15H17ClN2S/c1-3-17-11(2)12-7-4-5-9-14(12)19-15-13(16)8-6-10-18-15/h4-11,17H,3H2,1-2H3. The number of aromatic nitrogens is 1. The number of rotatable bonds is 5. The molecule has 1 aromatic carbocycles. The van der Waals surface area contributed by atoms with E-state index in [4.69, 9.17) is 11.6 Å². The Kier molecular flexibility index (Phi) is 5.25. The minimum absolute atomic E-state index is 0.316. The average molecular weight is 293 g/mol. The van der Waals surface area contributed by atoms with Crippen LogP contribution in [0.4, 0.5) is 0 Å². The van der Waals surface area contributed by atoms with E-state index in [1.807, 2.05) is 18.2 Å². The zero-order valence-electron chi connectivity index (χ0n) is 11.1. The molecule has 0 aliphatic carbocycles. The van der Waals surface area contributed by atoms with Gasteiger partial charge in [-0.3, -0.25) is 0 Å². The van der Waals surface area contributed by atoms with E-state index in [0.29, 0.717) is 11.1 Å². The number of benzene rings is 1. The lowest BCUT2D eigenvalue weighted by atomic mass is 10.1. The Hall–Kier alpha value is -1.03. The quantitative estimate of drug-likeness (QED) is 0.874. The Labute approximate surface area is 123 Å². The Morgan fingerprint density at radius 3 is 2.79 bits per heavy atom. The Bertz CT molecular complexity index is 545. The SMILES string of the molecule is CCNC(C)c1ccccc1Sc1ncccc1Cl. The third-order valence-electron chi connectivity index (χ3n) is 2.83. The second kappa shape index (κ2) is 6.94. The number of halogens is 1. The van der Waals surface area contributed by atoms with Gasteiger partial charge >= 0.3 is 0 Å². The van der Waals surface area contributed by atoms with Gasteiger partial charge in [0.2, 0.25) is 0 Å². The van der Waals surface area contributed by atoms with Gasteiger partial charge in [-0.2, -0.15) is 0 Å². The van der Waals surface area contributed by atoms with Gasteiger partial charge < -0.3 is 5.32 Å². The highest BCUT2D eigenvalue weighted by molar-refractivity contribution is 7.99. The van der Waals surface area contributed by atoms with E-state index >= 15 is 0 Å². The molecule has 2 nitrogen and oxygen atoms in total. The molecule has 100 valence electrons. The predicted molar refractivity (Wildman–Crippen MR) is 81.9 cm³/mol. The van der Waals surface area contributed by atoms with Crippen LogP contribution in [0.3, 0.4) is 0 Å². The highest BCUT2D eigenvalue weighted by Crippen LogP contribution is 2.35. The van der Waals surface area contributed by atoms with E-state index in [0.717, 1.165) is 11.6 Å². The summed E-state index contributed by atoms with van der Waals surface area (Å²) in [7, 11) is 0. The van der Waals surface area contributed by atoms with E-state index in [2.05, 4.69) is 42.3 Å². The lowest BCUT2D eigenvalue weighted by molar-refractivity contribution is 0.590. The van der Waals surface area contributed by atoms with Crippen LogP contribution in [0.5, 0.6) is 0 Å². The van der Waals surface area contributed by atoms with Crippen LogP contribution < -0.4 is 5.32 Å². The summed E-state index contributed by atoms with van der Waals surface area (Å²) >= 11 is 7.78. The van der Waals surface area contributed by atoms with Gasteiger partial charge in [0.15, 0.2) is 0 Å². The van der Waals surface area contributed by atoms with Crippen molar-refractivity contribution in [3.63, 3.8) is 0 Å². The molecule has 1 N–H and O–H groups in total. The highest BCUT2D eigenvalue weighted by Gasteiger charge is 2.11. The molecule has 0 saturated heterocycles. The summed E-state index contributed by atoms with van der Waals surface area (Å²) in [6.07, 6.45) is 1.77. The van der Waals surface area contributed by atoms with Crippen molar-refractivity contribution in [1.82, 2.24) is 10.3 Å². The lowest BCUT2D eigenvalue weighted by Crippen LogP contribution is -2.18. The number of hydrogen-bond acceptors (Lipinski definition) is 3. The van der Waals surface area contributed by atoms with Gasteiger partial charge in [-0.05, 0) is 37.2 Å². The zero-order chi connectivity index (χ0) is 13.7. The van der Waals surface area contributed by atoms with Gasteiger partial charge in [-0.15, -0.1) is 0 Å². The largest absolute Gasteiger partial charge is 0.310 e. The molecule has 1 heterocycles. The van der Waals surface area contributed by atoms with E-state index < -0.39 is 0 Å². The van der Waals surface area contributed by atoms with Crippen molar-refractivity contribution in [2.24, 2.45) is 0 Å². The summed E-state index contributed by atoms with van der Waals surface area (Å²) in [5, 5.41) is 4.98. The van der Waals surface area contributed by atoms with E-state index in [1.54, 1.807) is 18.0 Å². The maximum atomic E-state index is 6.17. The second-order valence-corrected chi connectivity index (χ2v) is 5.65. The van der Waals surface area contributed by atoms with Crippen LogP contribution in [0.15, 0.2) is 52.5 Å². The number of nitrogens with one attached hydrogen (secondary N) is 1. The third-order valence-corrected chi connectivity index (χ3v) is 4.35. The summed E-state index contributed by atoms with van der Waals surface area (Å²) in [6, 6.07) is 12.4. The first-order valence-electron chi connectivity index (χ1n) is 6.33. The second-order valence-electron chi connectivity index (χ2n) is 4.21. The summed E-state index contributed by atoms with van der Waals surface area (Å²) in [4.78, 5) is 5.52. The van der Waals surface area contributed by atoms with Crippen molar-refractivity contribution in [1.29, 1.82) is 0 Å². The summed E-state index contributed by atoms with van der Waals surface area (Å²) in [6.45, 7) is 5.23. The molecule has 0 radical (unpaired) electrons. The average Bonchev–Trinajstić information content (AvgIpc) is 2.42. The molecule has 0 aliphatic heterocycles. The highest BCUT2D eigenvalue weighted by atomic mass is 35.5. The van der Waals surface area contributed by atoms with Crippen molar-refractivity contribution >= 4 is 23.4 Å². The molecule has 2 aromatic rings. The predicted octanol–water partition coefficient (Wildman–Crippen LogP) is 4.56. The lowest BCUT2D eigenvalue weighted by Gasteiger charge is -2.16. The van der Waals surface area contributed by atoms with E-state index in [-0.39, 0.29) is 0 Å². The van der Waals surface area contributed by atoms with Crippen LogP contribution in [-0.4, -0.2) is 11.5 Å². The normalized spacial score (nSPS) is 12.4. The number of pyridine rings is 1. The van der Waals surface area contributed by atoms with Crippen LogP contribution in [0, 0.1) is 0 Å². The first kappa shape index (κ1) is 14.4. The van der Waals surface area contributed by atoms with Crippen molar-refractivity contribution < 1.29 is 0 Å². The molecule has 1 aromatic heterocycles. The molecule has 2 rings (SSSR count). The molecule has 0 spiro atoms. The Balaban J connectivity index is 2.28. The summed E-state index contributed by atoms with van der Waals surface area (Å²) < 4.78 is 0. The molecular formula is C15H17ClN2S. The first-order chi connectivity index (χ1) is 9.22. The van der Waals surface area contributed by atoms with Crippen LogP contribution in [0.2, 0.25) is 5.02 Å². The van der Waals surface area contributed by atoms with Gasteiger partial charge in [0.25, 0.3) is 0 Å². The summed E-state index contributed by atoms with van der Waals surface area (Å²) in [5.41, 5.74) is 1.27. The molecule has 0 aliphatic rings. The van der Waals surface area contributed by atoms with Crippen LogP contribution in [0.25, 0.3) is 0 Å². The van der Waals surface area contributed by atoms with Crippen LogP contribution in [0.1, 0.15) is 25.5 Å². The van der Waals surface area contributed by atoms with E-state index in [9.17, 15) is 0 Å². The van der Waals surface area contributed by atoms with Crippen LogP contribution >= 0.6 is 23.4 Å². The third kappa shape index (κ3) is 3.72. The van der Waals surface area contributed by atoms with Crippen molar-refractivity contribution in [2.45, 2.75) is 29.8 Å². The first-order valence-corrected chi connectivity index (χ1v) is 7.52. The fourth-order valence-corrected chi connectivity index (χ4v) is 3.13. The Morgan fingerprint density at radius 2 is 2.05 bits per heavy atom. The van der Waals surface area contributed by atoms with Crippen molar-refractivity contribution in [3.8, 4) is 0 Å². The van der Waals surface area contributed by atoms with Gasteiger partial charge in [0.1, 0.15) is 5.03 Å². The van der Waals surface area contributed by atoms with Gasteiger partial charge in [0.05, 0.1) is 5.02 Å². The minimum atomic E-state index is 0.316. The van der Waals surface area contributed by atoms with Crippen LogP contribution in [-0.2, 0) is 0 Å². The van der Waals surface area contributed by atoms with Gasteiger partial charge in [-0.1, -0.05) is 48.5 Å². The summed E-state index contributed by atoms with van der Waals surface area (Å²) in [5.74, 6) is 0. The fraction of sp³-hybridized carbons (Fsp3) is 0.267. The topological polar surface area (TPSA) is 24.9 Å². The molecule has 0 fully saturated rings. The maximum Gasteiger partial charge on any atom is 0.119 e. The monoisotopic (exact) mass is 292 g/mol. The maximum absolute atomic E-state index is 6.17. The van der Waals surface area contributed by atoms with Gasteiger partial charge in [0, 0.05) is 17.1 Å². The molecule has 0 bridgehead atoms. The molecule has 1 unspecified atom stereocenters. The zero-order valence-corrected chi connectivity index (χ0v) is 12.6. The molecule has 4 heteroatoms. The van der Waals surface area contributed by atoms with Crippen molar-refractivity contribution in [3.05, 3.63) is 53.2 Å². The number of nitrogens with zero attached hydrogens (tertiary/aromatic N) is 1. The molecule has 1 atom stereocenters. The fourth-order valence-electron chi connectivity index (χ4n) is 1.90. The molecule has 19 heavy (non-hydrogen) atoms. The van der Waals surface area contributed by atoms with E-state index in [1.165, 1.54) is 10.5 Å². The van der Waals surface area contributed by atoms with Crippen molar-refractivity contribution in [2.75, 3.05) is 6.54 Å². The molecule has 0 saturated carbocycles. The Morgan fingerprint density at radius 1 is 1.26 bits per heavy atom. The minimum Gasteiger partial charge on any atom is -0.310 e. The molecule has 0 amide bonds. The van der Waals surface area contributed by atoms with Gasteiger partial charge in [-0.25, -0.2) is 4.98 Å².